The number of aryl methyl sites for hydroxylation is 2. The Morgan fingerprint density at radius 3 is 2.77 bits per heavy atom. The van der Waals surface area contributed by atoms with Gasteiger partial charge in [0.25, 0.3) is 5.91 Å². The van der Waals surface area contributed by atoms with Gasteiger partial charge >= 0.3 is 0 Å². The van der Waals surface area contributed by atoms with Gasteiger partial charge in [0.2, 0.25) is 5.88 Å². The molecule has 0 radical (unpaired) electrons. The zero-order valence-corrected chi connectivity index (χ0v) is 17.2. The SMILES string of the molecule is CCCC(CO)NC(=O)c1cc(OCc2c(-c3ccc(F)cc3)noc2C)nn1C. The van der Waals surface area contributed by atoms with E-state index >= 15 is 0 Å². The number of rotatable bonds is 9. The number of benzene rings is 1. The first kappa shape index (κ1) is 21.5. The standard InChI is InChI=1S/C21H25FN4O4/c1-4-5-16(11-27)23-21(28)18-10-19(24-26(18)3)29-12-17-13(2)30-25-20(17)14-6-8-15(22)9-7-14/h6-10,16,27H,4-5,11-12H2,1-3H3,(H,23,28). The lowest BCUT2D eigenvalue weighted by Gasteiger charge is -2.14. The molecule has 2 N–H and O–H groups in total. The third-order valence-corrected chi connectivity index (χ3v) is 4.75. The molecule has 30 heavy (non-hydrogen) atoms. The molecule has 0 saturated carbocycles. The highest BCUT2D eigenvalue weighted by Crippen LogP contribution is 2.26. The van der Waals surface area contributed by atoms with Gasteiger partial charge in [-0.2, -0.15) is 0 Å². The van der Waals surface area contributed by atoms with Crippen molar-refractivity contribution in [1.29, 1.82) is 0 Å². The smallest absolute Gasteiger partial charge is 0.269 e. The second-order valence-corrected chi connectivity index (χ2v) is 6.99. The fourth-order valence-corrected chi connectivity index (χ4v) is 3.08. The molecule has 0 aliphatic rings. The van der Waals surface area contributed by atoms with Crippen molar-refractivity contribution in [3.05, 3.63) is 53.2 Å². The summed E-state index contributed by atoms with van der Waals surface area (Å²) in [5.74, 6) is 0.178. The molecular formula is C21H25FN4O4. The van der Waals surface area contributed by atoms with Crippen molar-refractivity contribution in [3.8, 4) is 17.1 Å². The molecule has 3 rings (SSSR count). The van der Waals surface area contributed by atoms with Gasteiger partial charge in [-0.1, -0.05) is 18.5 Å². The minimum Gasteiger partial charge on any atom is -0.471 e. The van der Waals surface area contributed by atoms with Crippen molar-refractivity contribution < 1.29 is 23.6 Å². The van der Waals surface area contributed by atoms with Crippen LogP contribution in [0.4, 0.5) is 4.39 Å². The number of aliphatic hydroxyl groups excluding tert-OH is 1. The highest BCUT2D eigenvalue weighted by atomic mass is 19.1. The summed E-state index contributed by atoms with van der Waals surface area (Å²) in [7, 11) is 1.64. The summed E-state index contributed by atoms with van der Waals surface area (Å²) in [6, 6.07) is 7.17. The van der Waals surface area contributed by atoms with E-state index in [1.807, 2.05) is 6.92 Å². The van der Waals surface area contributed by atoms with E-state index in [9.17, 15) is 14.3 Å². The van der Waals surface area contributed by atoms with Crippen LogP contribution >= 0.6 is 0 Å². The fourth-order valence-electron chi connectivity index (χ4n) is 3.08. The largest absolute Gasteiger partial charge is 0.471 e. The predicted molar refractivity (Wildman–Crippen MR) is 107 cm³/mol. The molecule has 0 bridgehead atoms. The summed E-state index contributed by atoms with van der Waals surface area (Å²) in [5.41, 5.74) is 2.30. The second kappa shape index (κ2) is 9.53. The van der Waals surface area contributed by atoms with Crippen molar-refractivity contribution in [1.82, 2.24) is 20.3 Å². The Kier molecular flexibility index (Phi) is 6.83. The Bertz CT molecular complexity index is 997. The number of hydrogen-bond acceptors (Lipinski definition) is 6. The van der Waals surface area contributed by atoms with E-state index in [-0.39, 0.29) is 36.9 Å². The van der Waals surface area contributed by atoms with Crippen molar-refractivity contribution >= 4 is 5.91 Å². The quantitative estimate of drug-likeness (QED) is 0.556. The first-order valence-corrected chi connectivity index (χ1v) is 9.72. The number of amides is 1. The lowest BCUT2D eigenvalue weighted by molar-refractivity contribution is 0.0903. The van der Waals surface area contributed by atoms with Crippen LogP contribution in [0.1, 0.15) is 41.6 Å². The molecular weight excluding hydrogens is 391 g/mol. The van der Waals surface area contributed by atoms with Gasteiger partial charge in [0.15, 0.2) is 0 Å². The molecule has 3 aromatic rings. The number of nitrogens with one attached hydrogen (secondary N) is 1. The maximum Gasteiger partial charge on any atom is 0.269 e. The van der Waals surface area contributed by atoms with Crippen LogP contribution < -0.4 is 10.1 Å². The van der Waals surface area contributed by atoms with Crippen molar-refractivity contribution in [2.45, 2.75) is 39.3 Å². The summed E-state index contributed by atoms with van der Waals surface area (Å²) >= 11 is 0. The number of ether oxygens (including phenoxy) is 1. The van der Waals surface area contributed by atoms with Crippen molar-refractivity contribution in [3.63, 3.8) is 0 Å². The number of aliphatic hydroxyl groups is 1. The van der Waals surface area contributed by atoms with E-state index < -0.39 is 0 Å². The number of nitrogens with zero attached hydrogens (tertiary/aromatic N) is 3. The summed E-state index contributed by atoms with van der Waals surface area (Å²) in [4.78, 5) is 12.5. The van der Waals surface area contributed by atoms with Crippen LogP contribution in [0, 0.1) is 12.7 Å². The topological polar surface area (TPSA) is 102 Å². The van der Waals surface area contributed by atoms with Gasteiger partial charge in [-0.15, -0.1) is 5.10 Å². The fraction of sp³-hybridized carbons (Fsp3) is 0.381. The van der Waals surface area contributed by atoms with E-state index in [1.165, 1.54) is 22.9 Å². The van der Waals surface area contributed by atoms with Crippen molar-refractivity contribution in [2.24, 2.45) is 7.05 Å². The number of hydrogen-bond donors (Lipinski definition) is 2. The lowest BCUT2D eigenvalue weighted by Crippen LogP contribution is -2.38. The van der Waals surface area contributed by atoms with E-state index in [0.29, 0.717) is 34.7 Å². The summed E-state index contributed by atoms with van der Waals surface area (Å²) < 4.78 is 25.7. The molecule has 2 heterocycles. The van der Waals surface area contributed by atoms with Crippen LogP contribution in [0.5, 0.6) is 5.88 Å². The summed E-state index contributed by atoms with van der Waals surface area (Å²) in [6.07, 6.45) is 1.53. The molecule has 0 fully saturated rings. The van der Waals surface area contributed by atoms with Crippen LogP contribution in [0.2, 0.25) is 0 Å². The zero-order valence-electron chi connectivity index (χ0n) is 17.2. The van der Waals surface area contributed by atoms with Crippen LogP contribution in [0.3, 0.4) is 0 Å². The third-order valence-electron chi connectivity index (χ3n) is 4.75. The molecule has 160 valence electrons. The monoisotopic (exact) mass is 416 g/mol. The van der Waals surface area contributed by atoms with Gasteiger partial charge in [-0.05, 0) is 37.6 Å². The first-order valence-electron chi connectivity index (χ1n) is 9.72. The molecule has 0 spiro atoms. The summed E-state index contributed by atoms with van der Waals surface area (Å²) in [6.45, 7) is 3.74. The number of carbonyl (C=O) groups excluding carboxylic acids is 1. The minimum atomic E-state index is -0.335. The highest BCUT2D eigenvalue weighted by Gasteiger charge is 2.19. The summed E-state index contributed by atoms with van der Waals surface area (Å²) in [5, 5.41) is 20.4. The lowest BCUT2D eigenvalue weighted by atomic mass is 10.1. The van der Waals surface area contributed by atoms with E-state index in [0.717, 1.165) is 6.42 Å². The Labute approximate surface area is 173 Å². The van der Waals surface area contributed by atoms with Crippen LogP contribution in [-0.2, 0) is 13.7 Å². The molecule has 1 atom stereocenters. The average molecular weight is 416 g/mol. The highest BCUT2D eigenvalue weighted by molar-refractivity contribution is 5.93. The molecule has 1 amide bonds. The molecule has 1 aromatic carbocycles. The van der Waals surface area contributed by atoms with E-state index in [2.05, 4.69) is 15.6 Å². The molecule has 0 aliphatic carbocycles. The van der Waals surface area contributed by atoms with E-state index in [1.54, 1.807) is 26.1 Å². The molecule has 1 unspecified atom stereocenters. The normalized spacial score (nSPS) is 12.0. The first-order chi connectivity index (χ1) is 14.4. The second-order valence-electron chi connectivity index (χ2n) is 6.99. The van der Waals surface area contributed by atoms with Gasteiger partial charge in [-0.3, -0.25) is 9.48 Å². The average Bonchev–Trinajstić information content (AvgIpc) is 3.28. The van der Waals surface area contributed by atoms with Crippen molar-refractivity contribution in [2.75, 3.05) is 6.61 Å². The van der Waals surface area contributed by atoms with Gasteiger partial charge in [0.05, 0.1) is 18.2 Å². The van der Waals surface area contributed by atoms with Crippen LogP contribution in [-0.4, -0.2) is 38.6 Å². The Balaban J connectivity index is 1.72. The molecule has 0 saturated heterocycles. The van der Waals surface area contributed by atoms with Gasteiger partial charge < -0.3 is 19.7 Å². The maximum absolute atomic E-state index is 13.2. The predicted octanol–water partition coefficient (Wildman–Crippen LogP) is 2.99. The molecule has 8 nitrogen and oxygen atoms in total. The number of carbonyl (C=O) groups is 1. The zero-order chi connectivity index (χ0) is 21.7. The number of aromatic nitrogens is 3. The van der Waals surface area contributed by atoms with Gasteiger partial charge in [-0.25, -0.2) is 4.39 Å². The van der Waals surface area contributed by atoms with Gasteiger partial charge in [0.1, 0.15) is 29.6 Å². The Hall–Kier alpha value is -3.20. The van der Waals surface area contributed by atoms with Gasteiger partial charge in [0, 0.05) is 18.7 Å². The van der Waals surface area contributed by atoms with Crippen LogP contribution in [0.15, 0.2) is 34.9 Å². The molecule has 0 aliphatic heterocycles. The maximum atomic E-state index is 13.2. The van der Waals surface area contributed by atoms with Crippen LogP contribution in [0.25, 0.3) is 11.3 Å². The number of halogens is 1. The molecule has 2 aromatic heterocycles. The molecule has 9 heteroatoms. The Morgan fingerprint density at radius 2 is 2.10 bits per heavy atom. The minimum absolute atomic E-state index is 0.120. The third kappa shape index (κ3) is 4.85. The van der Waals surface area contributed by atoms with E-state index in [4.69, 9.17) is 9.26 Å². The Morgan fingerprint density at radius 1 is 1.37 bits per heavy atom.